The fraction of sp³-hybridized carbons (Fsp3) is 0.0909. The Morgan fingerprint density at radius 3 is 3.06 bits per heavy atom. The molecule has 5 nitrogen and oxygen atoms in total. The van der Waals surface area contributed by atoms with Gasteiger partial charge in [-0.2, -0.15) is 0 Å². The van der Waals surface area contributed by atoms with Crippen molar-refractivity contribution in [3.8, 4) is 17.2 Å². The van der Waals surface area contributed by atoms with Crippen molar-refractivity contribution in [2.45, 2.75) is 0 Å². The van der Waals surface area contributed by atoms with Gasteiger partial charge in [-0.15, -0.1) is 5.10 Å². The van der Waals surface area contributed by atoms with Gasteiger partial charge < -0.3 is 9.15 Å². The van der Waals surface area contributed by atoms with Crippen LogP contribution in [0.25, 0.3) is 22.4 Å². The molecule has 2 aliphatic rings. The van der Waals surface area contributed by atoms with E-state index in [0.29, 0.717) is 22.8 Å². The molecule has 80 valence electrons. The van der Waals surface area contributed by atoms with E-state index < -0.39 is 0 Å². The molecule has 0 unspecified atom stereocenters. The molecular weight excluding hydrogens is 208 g/mol. The molecule has 2 aliphatic heterocycles. The van der Waals surface area contributed by atoms with E-state index in [-0.39, 0.29) is 5.56 Å². The summed E-state index contributed by atoms with van der Waals surface area (Å²) in [5.41, 5.74) is 0.854. The first-order valence-corrected chi connectivity index (χ1v) is 4.74. The Kier molecular flexibility index (Phi) is 1.73. The van der Waals surface area contributed by atoms with Gasteiger partial charge in [-0.3, -0.25) is 4.79 Å². The molecule has 2 heterocycles. The second kappa shape index (κ2) is 3.10. The summed E-state index contributed by atoms with van der Waals surface area (Å²) in [4.78, 5) is 11.3. The third kappa shape index (κ3) is 1.18. The SMILES string of the molecule is COc1ccc2cc3c(=O)[nH]nc-3oc2c1. The molecule has 0 fully saturated rings. The van der Waals surface area contributed by atoms with Gasteiger partial charge in [0.15, 0.2) is 0 Å². The lowest BCUT2D eigenvalue weighted by atomic mass is 10.2. The molecule has 0 saturated heterocycles. The van der Waals surface area contributed by atoms with Crippen LogP contribution in [0.1, 0.15) is 0 Å². The van der Waals surface area contributed by atoms with E-state index in [2.05, 4.69) is 10.2 Å². The molecular formula is C11H8N2O3. The zero-order valence-electron chi connectivity index (χ0n) is 8.48. The summed E-state index contributed by atoms with van der Waals surface area (Å²) in [5, 5.41) is 6.97. The highest BCUT2D eigenvalue weighted by Crippen LogP contribution is 2.26. The van der Waals surface area contributed by atoms with Crippen LogP contribution in [0.15, 0.2) is 33.5 Å². The molecule has 5 heteroatoms. The van der Waals surface area contributed by atoms with Gasteiger partial charge in [0.1, 0.15) is 16.9 Å². The van der Waals surface area contributed by atoms with E-state index >= 15 is 0 Å². The first-order chi connectivity index (χ1) is 7.78. The number of ether oxygens (including phenoxy) is 1. The van der Waals surface area contributed by atoms with Crippen LogP contribution in [0.3, 0.4) is 0 Å². The average molecular weight is 216 g/mol. The van der Waals surface area contributed by atoms with Crippen molar-refractivity contribution in [1.29, 1.82) is 0 Å². The van der Waals surface area contributed by atoms with Crippen LogP contribution < -0.4 is 10.3 Å². The zero-order valence-corrected chi connectivity index (χ0v) is 8.48. The van der Waals surface area contributed by atoms with Crippen molar-refractivity contribution in [1.82, 2.24) is 10.2 Å². The van der Waals surface area contributed by atoms with Crippen LogP contribution in [0.5, 0.6) is 5.75 Å². The molecule has 0 spiro atoms. The summed E-state index contributed by atoms with van der Waals surface area (Å²) in [6.07, 6.45) is 0. The molecule has 1 aromatic carbocycles. The first kappa shape index (κ1) is 8.96. The van der Waals surface area contributed by atoms with Crippen LogP contribution >= 0.6 is 0 Å². The second-order valence-corrected chi connectivity index (χ2v) is 3.42. The molecule has 0 atom stereocenters. The van der Waals surface area contributed by atoms with Crippen molar-refractivity contribution < 1.29 is 9.15 Å². The lowest BCUT2D eigenvalue weighted by Gasteiger charge is -2.02. The van der Waals surface area contributed by atoms with Crippen molar-refractivity contribution >= 4 is 11.0 Å². The van der Waals surface area contributed by atoms with Crippen LogP contribution in [-0.2, 0) is 0 Å². The summed E-state index contributed by atoms with van der Waals surface area (Å²) in [7, 11) is 1.59. The Morgan fingerprint density at radius 2 is 2.25 bits per heavy atom. The summed E-state index contributed by atoms with van der Waals surface area (Å²) in [6.45, 7) is 0. The predicted molar refractivity (Wildman–Crippen MR) is 57.8 cm³/mol. The predicted octanol–water partition coefficient (Wildman–Crippen LogP) is 1.63. The number of rotatable bonds is 1. The molecule has 0 bridgehead atoms. The Bertz CT molecular complexity index is 683. The maximum atomic E-state index is 11.3. The van der Waals surface area contributed by atoms with Crippen LogP contribution in [0.2, 0.25) is 0 Å². The molecule has 0 aliphatic carbocycles. The van der Waals surface area contributed by atoms with Crippen molar-refractivity contribution in [3.63, 3.8) is 0 Å². The van der Waals surface area contributed by atoms with Crippen LogP contribution in [-0.4, -0.2) is 17.3 Å². The fourth-order valence-corrected chi connectivity index (χ4v) is 1.63. The average Bonchev–Trinajstić information content (AvgIpc) is 2.67. The third-order valence-electron chi connectivity index (χ3n) is 2.46. The maximum absolute atomic E-state index is 11.3. The number of fused-ring (bicyclic) bond motifs is 2. The number of aromatic amines is 1. The molecule has 0 saturated carbocycles. The largest absolute Gasteiger partial charge is 0.497 e. The van der Waals surface area contributed by atoms with E-state index in [1.165, 1.54) is 0 Å². The van der Waals surface area contributed by atoms with Gasteiger partial charge >= 0.3 is 0 Å². The summed E-state index contributed by atoms with van der Waals surface area (Å²) in [6, 6.07) is 7.16. The molecule has 0 radical (unpaired) electrons. The van der Waals surface area contributed by atoms with Gasteiger partial charge in [-0.1, -0.05) is 0 Å². The second-order valence-electron chi connectivity index (χ2n) is 3.42. The maximum Gasteiger partial charge on any atom is 0.277 e. The van der Waals surface area contributed by atoms with E-state index in [9.17, 15) is 4.79 Å². The highest BCUT2D eigenvalue weighted by molar-refractivity contribution is 5.82. The van der Waals surface area contributed by atoms with E-state index in [4.69, 9.17) is 9.15 Å². The Balaban J connectivity index is 2.40. The lowest BCUT2D eigenvalue weighted by Crippen LogP contribution is -1.99. The van der Waals surface area contributed by atoms with E-state index in [1.54, 1.807) is 19.2 Å². The number of benzene rings is 1. The van der Waals surface area contributed by atoms with Gasteiger partial charge in [-0.25, -0.2) is 5.10 Å². The minimum atomic E-state index is -0.239. The van der Waals surface area contributed by atoms with E-state index in [0.717, 1.165) is 5.39 Å². The van der Waals surface area contributed by atoms with Crippen molar-refractivity contribution in [3.05, 3.63) is 34.6 Å². The minimum Gasteiger partial charge on any atom is -0.497 e. The molecule has 1 aromatic rings. The van der Waals surface area contributed by atoms with Gasteiger partial charge in [-0.05, 0) is 18.2 Å². The monoisotopic (exact) mass is 216 g/mol. The van der Waals surface area contributed by atoms with Gasteiger partial charge in [0.2, 0.25) is 5.89 Å². The van der Waals surface area contributed by atoms with E-state index in [1.807, 2.05) is 12.1 Å². The normalized spacial score (nSPS) is 11.1. The number of hydrogen-bond donors (Lipinski definition) is 1. The van der Waals surface area contributed by atoms with Crippen LogP contribution in [0.4, 0.5) is 0 Å². The topological polar surface area (TPSA) is 68.1 Å². The Labute approximate surface area is 90.0 Å². The van der Waals surface area contributed by atoms with Gasteiger partial charge in [0.05, 0.1) is 7.11 Å². The Morgan fingerprint density at radius 1 is 1.38 bits per heavy atom. The third-order valence-corrected chi connectivity index (χ3v) is 2.46. The summed E-state index contributed by atoms with van der Waals surface area (Å²) >= 11 is 0. The van der Waals surface area contributed by atoms with Crippen molar-refractivity contribution in [2.75, 3.05) is 7.11 Å². The van der Waals surface area contributed by atoms with Gasteiger partial charge in [0.25, 0.3) is 5.56 Å². The highest BCUT2D eigenvalue weighted by atomic mass is 16.5. The summed E-state index contributed by atoms with van der Waals surface area (Å²) in [5.74, 6) is 1.01. The number of methoxy groups -OCH3 is 1. The standard InChI is InChI=1S/C11H8N2O3/c1-15-7-3-2-6-4-8-10(14)12-13-11(8)16-9(6)5-7/h2-5H,1H3,(H,12,14). The lowest BCUT2D eigenvalue weighted by molar-refractivity contribution is 0.414. The smallest absolute Gasteiger partial charge is 0.277 e. The molecule has 0 aromatic heterocycles. The fourth-order valence-electron chi connectivity index (χ4n) is 1.63. The quantitative estimate of drug-likeness (QED) is 0.671. The molecule has 3 rings (SSSR count). The minimum absolute atomic E-state index is 0.239. The van der Waals surface area contributed by atoms with Crippen LogP contribution in [0, 0.1) is 0 Å². The summed E-state index contributed by atoms with van der Waals surface area (Å²) < 4.78 is 10.6. The number of aromatic nitrogens is 2. The highest BCUT2D eigenvalue weighted by Gasteiger charge is 2.14. The Hall–Kier alpha value is -2.30. The first-order valence-electron chi connectivity index (χ1n) is 4.74. The number of hydrogen-bond acceptors (Lipinski definition) is 4. The number of nitrogens with one attached hydrogen (secondary N) is 1. The molecule has 1 N–H and O–H groups in total. The molecule has 16 heavy (non-hydrogen) atoms. The number of nitrogens with zero attached hydrogens (tertiary/aromatic N) is 1. The van der Waals surface area contributed by atoms with Crippen molar-refractivity contribution in [2.24, 2.45) is 0 Å². The van der Waals surface area contributed by atoms with Gasteiger partial charge in [0, 0.05) is 11.5 Å². The number of H-pyrrole nitrogens is 1. The molecule has 0 amide bonds. The zero-order chi connectivity index (χ0) is 11.1.